The highest BCUT2D eigenvalue weighted by Gasteiger charge is 2.29. The van der Waals surface area contributed by atoms with Crippen molar-refractivity contribution < 1.29 is 14.3 Å². The van der Waals surface area contributed by atoms with Crippen molar-refractivity contribution in [1.82, 2.24) is 24.6 Å². The van der Waals surface area contributed by atoms with Gasteiger partial charge < -0.3 is 14.2 Å². The third-order valence-electron chi connectivity index (χ3n) is 3.98. The highest BCUT2D eigenvalue weighted by molar-refractivity contribution is 8.00. The molecule has 0 bridgehead atoms. The molecule has 10 heteroatoms. The van der Waals surface area contributed by atoms with Gasteiger partial charge in [0.1, 0.15) is 5.25 Å². The van der Waals surface area contributed by atoms with E-state index in [1.54, 1.807) is 17.3 Å². The molecule has 0 radical (unpaired) electrons. The van der Waals surface area contributed by atoms with Crippen molar-refractivity contribution in [3.63, 3.8) is 0 Å². The fraction of sp³-hybridized carbons (Fsp3) is 0.438. The van der Waals surface area contributed by atoms with Gasteiger partial charge in [-0.2, -0.15) is 0 Å². The van der Waals surface area contributed by atoms with Crippen LogP contribution < -0.4 is 0 Å². The monoisotopic (exact) mass is 393 g/mol. The van der Waals surface area contributed by atoms with Crippen LogP contribution in [-0.2, 0) is 21.4 Å². The third-order valence-corrected chi connectivity index (χ3v) is 6.15. The zero-order valence-corrected chi connectivity index (χ0v) is 16.1. The fourth-order valence-electron chi connectivity index (χ4n) is 2.56. The topological polar surface area (TPSA) is 90.2 Å². The third kappa shape index (κ3) is 4.18. The Labute approximate surface area is 159 Å². The van der Waals surface area contributed by atoms with E-state index in [2.05, 4.69) is 15.2 Å². The number of ether oxygens (including phenoxy) is 1. The summed E-state index contributed by atoms with van der Waals surface area (Å²) in [5, 5.41) is 8.73. The maximum atomic E-state index is 12.5. The highest BCUT2D eigenvalue weighted by atomic mass is 32.2. The average molecular weight is 393 g/mol. The minimum Gasteiger partial charge on any atom is -0.468 e. The summed E-state index contributed by atoms with van der Waals surface area (Å²) in [6.07, 6.45) is 3.40. The van der Waals surface area contributed by atoms with Crippen LogP contribution in [0.15, 0.2) is 29.7 Å². The minimum atomic E-state index is -0.309. The van der Waals surface area contributed by atoms with E-state index in [9.17, 15) is 9.59 Å². The van der Waals surface area contributed by atoms with E-state index in [0.717, 1.165) is 17.1 Å². The average Bonchev–Trinajstić information content (AvgIpc) is 3.06. The van der Waals surface area contributed by atoms with E-state index < -0.39 is 0 Å². The number of amides is 1. The van der Waals surface area contributed by atoms with E-state index in [1.165, 1.54) is 30.6 Å². The molecule has 1 aliphatic rings. The molecule has 0 saturated carbocycles. The molecule has 0 N–H and O–H groups in total. The lowest BCUT2D eigenvalue weighted by atomic mass is 10.2. The summed E-state index contributed by atoms with van der Waals surface area (Å²) in [4.78, 5) is 29.9. The Kier molecular flexibility index (Phi) is 6.15. The zero-order valence-electron chi connectivity index (χ0n) is 14.5. The second-order valence-corrected chi connectivity index (χ2v) is 7.87. The smallest absolute Gasteiger partial charge is 0.320 e. The van der Waals surface area contributed by atoms with Gasteiger partial charge in [0.25, 0.3) is 0 Å². The summed E-state index contributed by atoms with van der Waals surface area (Å²) in [6.45, 7) is 1.02. The van der Waals surface area contributed by atoms with Gasteiger partial charge >= 0.3 is 5.97 Å². The number of esters is 1. The predicted octanol–water partition coefficient (Wildman–Crippen LogP) is 1.09. The van der Waals surface area contributed by atoms with Crippen LogP contribution in [0.5, 0.6) is 0 Å². The maximum absolute atomic E-state index is 12.5. The van der Waals surface area contributed by atoms with Crippen LogP contribution in [-0.4, -0.2) is 73.5 Å². The number of nitrogens with zero attached hydrogens (tertiary/aromatic N) is 5. The molecule has 0 unspecified atom stereocenters. The van der Waals surface area contributed by atoms with Crippen molar-refractivity contribution >= 4 is 35.4 Å². The molecule has 1 aliphatic heterocycles. The number of rotatable bonds is 5. The molecular formula is C16H19N5O3S2. The number of carbonyl (C=O) groups excluding carboxylic acids is 2. The van der Waals surface area contributed by atoms with E-state index >= 15 is 0 Å². The van der Waals surface area contributed by atoms with Crippen molar-refractivity contribution in [3.8, 4) is 11.4 Å². The summed E-state index contributed by atoms with van der Waals surface area (Å²) in [5.74, 6) is 1.41. The summed E-state index contributed by atoms with van der Waals surface area (Å²) in [6, 6.07) is 3.73. The summed E-state index contributed by atoms with van der Waals surface area (Å²) in [5.41, 5.74) is 0.919. The largest absolute Gasteiger partial charge is 0.468 e. The van der Waals surface area contributed by atoms with Crippen LogP contribution in [0.4, 0.5) is 0 Å². The van der Waals surface area contributed by atoms with Gasteiger partial charge in [0.15, 0.2) is 11.0 Å². The first-order valence-electron chi connectivity index (χ1n) is 8.00. The first-order valence-corrected chi connectivity index (χ1v) is 10.0. The molecule has 1 amide bonds. The van der Waals surface area contributed by atoms with Gasteiger partial charge in [0, 0.05) is 43.8 Å². The van der Waals surface area contributed by atoms with Gasteiger partial charge in [-0.3, -0.25) is 14.6 Å². The lowest BCUT2D eigenvalue weighted by molar-refractivity contribution is -0.141. The number of pyridine rings is 1. The van der Waals surface area contributed by atoms with Crippen molar-refractivity contribution in [2.45, 2.75) is 10.4 Å². The van der Waals surface area contributed by atoms with Crippen molar-refractivity contribution in [2.24, 2.45) is 7.05 Å². The van der Waals surface area contributed by atoms with E-state index in [0.29, 0.717) is 18.2 Å². The van der Waals surface area contributed by atoms with Gasteiger partial charge in [-0.1, -0.05) is 11.8 Å². The first kappa shape index (κ1) is 18.7. The summed E-state index contributed by atoms with van der Waals surface area (Å²) in [7, 11) is 3.24. The highest BCUT2D eigenvalue weighted by Crippen LogP contribution is 2.24. The summed E-state index contributed by atoms with van der Waals surface area (Å²) >= 11 is 2.87. The molecule has 138 valence electrons. The van der Waals surface area contributed by atoms with E-state index in [-0.39, 0.29) is 22.9 Å². The molecule has 26 heavy (non-hydrogen) atoms. The minimum absolute atomic E-state index is 0.0161. The first-order chi connectivity index (χ1) is 12.6. The van der Waals surface area contributed by atoms with Crippen LogP contribution in [0.1, 0.15) is 0 Å². The van der Waals surface area contributed by atoms with Crippen LogP contribution in [0.2, 0.25) is 0 Å². The molecule has 0 aromatic carbocycles. The quantitative estimate of drug-likeness (QED) is 0.551. The molecule has 3 heterocycles. The molecule has 1 saturated heterocycles. The Hall–Kier alpha value is -2.07. The Morgan fingerprint density at radius 3 is 2.85 bits per heavy atom. The lowest BCUT2D eigenvalue weighted by Crippen LogP contribution is -2.45. The van der Waals surface area contributed by atoms with Gasteiger partial charge in [0.05, 0.1) is 12.9 Å². The molecule has 2 aromatic rings. The van der Waals surface area contributed by atoms with Crippen molar-refractivity contribution in [1.29, 1.82) is 0 Å². The maximum Gasteiger partial charge on any atom is 0.320 e. The van der Waals surface area contributed by atoms with E-state index in [4.69, 9.17) is 4.74 Å². The standard InChI is InChI=1S/C16H19N5O3S2/c1-20-14(11-3-5-17-6-4-11)18-19-16(20)26-10-13(22)21-7-8-25-12(9-21)15(23)24-2/h3-6,12H,7-10H2,1-2H3/t12-/m0/s1. The Bertz CT molecular complexity index is 783. The molecule has 0 aliphatic carbocycles. The van der Waals surface area contributed by atoms with Crippen LogP contribution in [0, 0.1) is 0 Å². The van der Waals surface area contributed by atoms with Crippen molar-refractivity contribution in [2.75, 3.05) is 31.7 Å². The molecule has 1 fully saturated rings. The Balaban J connectivity index is 1.60. The second-order valence-electron chi connectivity index (χ2n) is 5.61. The van der Waals surface area contributed by atoms with Gasteiger partial charge in [0.2, 0.25) is 5.91 Å². The predicted molar refractivity (Wildman–Crippen MR) is 99.8 cm³/mol. The Morgan fingerprint density at radius 1 is 1.35 bits per heavy atom. The molecule has 0 spiro atoms. The van der Waals surface area contributed by atoms with Gasteiger partial charge in [-0.25, -0.2) is 0 Å². The summed E-state index contributed by atoms with van der Waals surface area (Å²) < 4.78 is 6.64. The number of aromatic nitrogens is 4. The fourth-order valence-corrected chi connectivity index (χ4v) is 4.50. The Morgan fingerprint density at radius 2 is 2.12 bits per heavy atom. The van der Waals surface area contributed by atoms with Crippen molar-refractivity contribution in [3.05, 3.63) is 24.5 Å². The van der Waals surface area contributed by atoms with Crippen LogP contribution in [0.25, 0.3) is 11.4 Å². The number of hydrogen-bond donors (Lipinski definition) is 0. The van der Waals surface area contributed by atoms with Gasteiger partial charge in [-0.15, -0.1) is 22.0 Å². The van der Waals surface area contributed by atoms with Gasteiger partial charge in [-0.05, 0) is 12.1 Å². The second kappa shape index (κ2) is 8.54. The molecular weight excluding hydrogens is 374 g/mol. The lowest BCUT2D eigenvalue weighted by Gasteiger charge is -2.30. The number of hydrogen-bond acceptors (Lipinski definition) is 8. The molecule has 1 atom stereocenters. The molecule has 2 aromatic heterocycles. The molecule has 8 nitrogen and oxygen atoms in total. The number of thioether (sulfide) groups is 2. The number of carbonyl (C=O) groups is 2. The number of methoxy groups -OCH3 is 1. The van der Waals surface area contributed by atoms with Crippen LogP contribution >= 0.6 is 23.5 Å². The SMILES string of the molecule is COC(=O)[C@@H]1CN(C(=O)CSc2nnc(-c3ccncc3)n2C)CCS1. The normalized spacial score (nSPS) is 17.2. The van der Waals surface area contributed by atoms with E-state index in [1.807, 2.05) is 23.7 Å². The zero-order chi connectivity index (χ0) is 18.5. The molecule has 3 rings (SSSR count). The van der Waals surface area contributed by atoms with Crippen LogP contribution in [0.3, 0.4) is 0 Å².